The zero-order chi connectivity index (χ0) is 13.0. The summed E-state index contributed by atoms with van der Waals surface area (Å²) in [4.78, 5) is 22.9. The summed E-state index contributed by atoms with van der Waals surface area (Å²) in [5.74, 6) is -0.493. The summed E-state index contributed by atoms with van der Waals surface area (Å²) in [5.41, 5.74) is -1.68. The normalized spacial score (nSPS) is 11.9. The highest BCUT2D eigenvalue weighted by atomic mass is 127. The number of hydrogen-bond acceptors (Lipinski definition) is 4. The summed E-state index contributed by atoms with van der Waals surface area (Å²) in [5, 5.41) is 2.46. The van der Waals surface area contributed by atoms with Crippen molar-refractivity contribution in [2.45, 2.75) is 45.8 Å². The van der Waals surface area contributed by atoms with Gasteiger partial charge in [0.2, 0.25) is 0 Å². The zero-order valence-electron chi connectivity index (χ0n) is 10.2. The van der Waals surface area contributed by atoms with Crippen molar-refractivity contribution in [2.24, 2.45) is 0 Å². The SMILES string of the molecule is CC(C)(C)OC(=O)NC(C)(C)C(=O)OCI. The zero-order valence-corrected chi connectivity index (χ0v) is 12.4. The average molecular weight is 343 g/mol. The Hall–Kier alpha value is -0.530. The van der Waals surface area contributed by atoms with Gasteiger partial charge in [-0.25, -0.2) is 9.59 Å². The molecule has 0 aliphatic rings. The molecule has 6 heteroatoms. The number of amides is 1. The van der Waals surface area contributed by atoms with Gasteiger partial charge >= 0.3 is 12.1 Å². The number of esters is 1. The Morgan fingerprint density at radius 3 is 2.06 bits per heavy atom. The molecule has 0 aromatic rings. The summed E-state index contributed by atoms with van der Waals surface area (Å²) in [7, 11) is 0. The number of alkyl halides is 1. The topological polar surface area (TPSA) is 64.6 Å². The summed E-state index contributed by atoms with van der Waals surface area (Å²) in [6, 6.07) is 0. The van der Waals surface area contributed by atoms with Crippen molar-refractivity contribution in [3.63, 3.8) is 0 Å². The van der Waals surface area contributed by atoms with Gasteiger partial charge in [-0.05, 0) is 57.2 Å². The lowest BCUT2D eigenvalue weighted by molar-refractivity contribution is -0.147. The maximum absolute atomic E-state index is 11.5. The van der Waals surface area contributed by atoms with Crippen molar-refractivity contribution < 1.29 is 19.1 Å². The van der Waals surface area contributed by atoms with Crippen molar-refractivity contribution >= 4 is 34.7 Å². The van der Waals surface area contributed by atoms with Gasteiger partial charge < -0.3 is 14.8 Å². The first kappa shape index (κ1) is 15.5. The molecule has 0 aliphatic heterocycles. The number of carbonyl (C=O) groups is 2. The molecule has 0 heterocycles. The molecule has 1 amide bonds. The molecule has 0 saturated heterocycles. The van der Waals surface area contributed by atoms with Crippen LogP contribution in [0.5, 0.6) is 0 Å². The minimum atomic E-state index is -1.09. The predicted molar refractivity (Wildman–Crippen MR) is 68.4 cm³/mol. The Labute approximate surface area is 109 Å². The Morgan fingerprint density at radius 2 is 1.69 bits per heavy atom. The fourth-order valence-electron chi connectivity index (χ4n) is 0.840. The second-order valence-corrected chi connectivity index (χ2v) is 5.42. The van der Waals surface area contributed by atoms with E-state index in [1.54, 1.807) is 34.6 Å². The summed E-state index contributed by atoms with van der Waals surface area (Å²) < 4.78 is 10.1. The fraction of sp³-hybridized carbons (Fsp3) is 0.800. The van der Waals surface area contributed by atoms with E-state index in [1.807, 2.05) is 22.6 Å². The van der Waals surface area contributed by atoms with Gasteiger partial charge in [0.1, 0.15) is 15.8 Å². The molecule has 0 spiro atoms. The van der Waals surface area contributed by atoms with E-state index in [1.165, 1.54) is 0 Å². The van der Waals surface area contributed by atoms with Crippen LogP contribution in [0.15, 0.2) is 0 Å². The molecule has 1 N–H and O–H groups in total. The molecule has 0 aromatic carbocycles. The first-order valence-electron chi connectivity index (χ1n) is 4.83. The average Bonchev–Trinajstić information content (AvgIpc) is 1.99. The molecule has 0 rings (SSSR count). The van der Waals surface area contributed by atoms with Crippen LogP contribution in [0.4, 0.5) is 4.79 Å². The molecule has 94 valence electrons. The smallest absolute Gasteiger partial charge is 0.408 e. The van der Waals surface area contributed by atoms with Gasteiger partial charge in [0.05, 0.1) is 0 Å². The molecule has 0 unspecified atom stereocenters. The van der Waals surface area contributed by atoms with Gasteiger partial charge in [-0.2, -0.15) is 0 Å². The lowest BCUT2D eigenvalue weighted by atomic mass is 10.1. The standard InChI is InChI=1S/C10H18INO4/c1-9(2,3)16-8(14)12-10(4,5)7(13)15-6-11/h6H2,1-5H3,(H,12,14). The number of halogens is 1. The van der Waals surface area contributed by atoms with Crippen LogP contribution in [0, 0.1) is 0 Å². The van der Waals surface area contributed by atoms with E-state index in [2.05, 4.69) is 5.32 Å². The Morgan fingerprint density at radius 1 is 1.19 bits per heavy atom. The molecular weight excluding hydrogens is 325 g/mol. The van der Waals surface area contributed by atoms with Gasteiger partial charge in [-0.1, -0.05) is 0 Å². The number of nitrogens with one attached hydrogen (secondary N) is 1. The number of hydrogen-bond donors (Lipinski definition) is 1. The van der Waals surface area contributed by atoms with E-state index in [9.17, 15) is 9.59 Å². The molecule has 0 atom stereocenters. The molecule has 0 bridgehead atoms. The van der Waals surface area contributed by atoms with E-state index < -0.39 is 23.2 Å². The number of carbonyl (C=O) groups excluding carboxylic acids is 2. The summed E-state index contributed by atoms with van der Waals surface area (Å²) in [6.45, 7) is 8.38. The van der Waals surface area contributed by atoms with Crippen LogP contribution in [0.25, 0.3) is 0 Å². The van der Waals surface area contributed by atoms with Crippen molar-refractivity contribution in [3.05, 3.63) is 0 Å². The highest BCUT2D eigenvalue weighted by Crippen LogP contribution is 2.11. The maximum Gasteiger partial charge on any atom is 0.408 e. The maximum atomic E-state index is 11.5. The van der Waals surface area contributed by atoms with Crippen LogP contribution in [0.2, 0.25) is 0 Å². The first-order valence-corrected chi connectivity index (χ1v) is 6.35. The number of ether oxygens (including phenoxy) is 2. The molecule has 0 fully saturated rings. The molecule has 0 aliphatic carbocycles. The Kier molecular flexibility index (Phi) is 5.51. The lowest BCUT2D eigenvalue weighted by Gasteiger charge is -2.26. The van der Waals surface area contributed by atoms with E-state index >= 15 is 0 Å². The first-order chi connectivity index (χ1) is 7.08. The minimum Gasteiger partial charge on any atom is -0.453 e. The Balaban J connectivity index is 4.36. The molecule has 0 saturated carbocycles. The predicted octanol–water partition coefficient (Wildman–Crippen LogP) is 2.23. The van der Waals surface area contributed by atoms with Gasteiger partial charge in [0.25, 0.3) is 0 Å². The van der Waals surface area contributed by atoms with Crippen LogP contribution >= 0.6 is 22.6 Å². The van der Waals surface area contributed by atoms with Crippen molar-refractivity contribution in [2.75, 3.05) is 4.61 Å². The van der Waals surface area contributed by atoms with Crippen molar-refractivity contribution in [1.82, 2.24) is 5.32 Å². The highest BCUT2D eigenvalue weighted by molar-refractivity contribution is 14.1. The van der Waals surface area contributed by atoms with Crippen LogP contribution < -0.4 is 5.32 Å². The van der Waals surface area contributed by atoms with E-state index in [0.717, 1.165) is 0 Å². The third-order valence-electron chi connectivity index (χ3n) is 1.51. The molecule has 16 heavy (non-hydrogen) atoms. The monoisotopic (exact) mass is 343 g/mol. The molecule has 0 aromatic heterocycles. The quantitative estimate of drug-likeness (QED) is 0.485. The highest BCUT2D eigenvalue weighted by Gasteiger charge is 2.32. The second kappa shape index (κ2) is 5.70. The van der Waals surface area contributed by atoms with Gasteiger partial charge in [0, 0.05) is 0 Å². The number of alkyl carbamates (subject to hydrolysis) is 1. The largest absolute Gasteiger partial charge is 0.453 e. The van der Waals surface area contributed by atoms with Crippen LogP contribution in [-0.2, 0) is 14.3 Å². The van der Waals surface area contributed by atoms with E-state index in [0.29, 0.717) is 0 Å². The van der Waals surface area contributed by atoms with E-state index in [4.69, 9.17) is 9.47 Å². The third kappa shape index (κ3) is 6.14. The third-order valence-corrected chi connectivity index (χ3v) is 1.82. The van der Waals surface area contributed by atoms with Crippen molar-refractivity contribution in [3.8, 4) is 0 Å². The fourth-order valence-corrected chi connectivity index (χ4v) is 1.12. The Bertz CT molecular complexity index is 270. The summed E-state index contributed by atoms with van der Waals surface area (Å²) >= 11 is 1.91. The van der Waals surface area contributed by atoms with Gasteiger partial charge in [-0.15, -0.1) is 0 Å². The van der Waals surface area contributed by atoms with Gasteiger partial charge in [0.15, 0.2) is 0 Å². The molecule has 5 nitrogen and oxygen atoms in total. The molecule has 0 radical (unpaired) electrons. The number of rotatable bonds is 3. The minimum absolute atomic E-state index is 0.246. The lowest BCUT2D eigenvalue weighted by Crippen LogP contribution is -2.51. The van der Waals surface area contributed by atoms with Crippen LogP contribution in [0.3, 0.4) is 0 Å². The van der Waals surface area contributed by atoms with Crippen molar-refractivity contribution in [1.29, 1.82) is 0 Å². The van der Waals surface area contributed by atoms with Crippen LogP contribution in [-0.4, -0.2) is 27.8 Å². The second-order valence-electron chi connectivity index (χ2n) is 4.79. The van der Waals surface area contributed by atoms with Gasteiger partial charge in [-0.3, -0.25) is 0 Å². The summed E-state index contributed by atoms with van der Waals surface area (Å²) in [6.07, 6.45) is -0.636. The van der Waals surface area contributed by atoms with E-state index in [-0.39, 0.29) is 4.61 Å². The molecular formula is C10H18INO4. The van der Waals surface area contributed by atoms with Crippen LogP contribution in [0.1, 0.15) is 34.6 Å².